The van der Waals surface area contributed by atoms with Gasteiger partial charge in [0.05, 0.1) is 16.2 Å². The first-order valence-corrected chi connectivity index (χ1v) is 10.2. The smallest absolute Gasteiger partial charge is 0.338 e. The number of esters is 1. The zero-order chi connectivity index (χ0) is 21.0. The lowest BCUT2D eigenvalue weighted by Crippen LogP contribution is -2.24. The molecule has 2 aromatic heterocycles. The Morgan fingerprint density at radius 1 is 1.24 bits per heavy atom. The average molecular weight is 413 g/mol. The number of aromatic nitrogens is 2. The van der Waals surface area contributed by atoms with Crippen LogP contribution in [0.2, 0.25) is 0 Å². The Balaban J connectivity index is 1.78. The molecule has 0 unspecified atom stereocenters. The number of hydrogen-bond acceptors (Lipinski definition) is 6. The van der Waals surface area contributed by atoms with Crippen LogP contribution in [-0.4, -0.2) is 30.3 Å². The zero-order valence-electron chi connectivity index (χ0n) is 15.7. The first-order chi connectivity index (χ1) is 13.8. The molecular formula is C20H19N3O5S. The largest absolute Gasteiger partial charge is 0.456 e. The molecule has 0 aliphatic carbocycles. The van der Waals surface area contributed by atoms with Crippen molar-refractivity contribution in [2.75, 3.05) is 6.54 Å². The number of nitrogens with one attached hydrogen (secondary N) is 1. The second-order valence-electron chi connectivity index (χ2n) is 6.19. The van der Waals surface area contributed by atoms with Gasteiger partial charge in [0.1, 0.15) is 12.3 Å². The maximum atomic E-state index is 12.3. The SMILES string of the molecule is C=CCNS(=O)(=O)c1cccc(C(=O)OCc2cc(=O)n3c(C)cccc3n2)c1. The highest BCUT2D eigenvalue weighted by atomic mass is 32.2. The molecule has 8 nitrogen and oxygen atoms in total. The normalized spacial score (nSPS) is 11.3. The number of carbonyl (C=O) groups excluding carboxylic acids is 1. The minimum atomic E-state index is -3.77. The molecule has 0 spiro atoms. The second kappa shape index (κ2) is 8.38. The van der Waals surface area contributed by atoms with Crippen molar-refractivity contribution >= 4 is 21.6 Å². The Hall–Kier alpha value is -3.30. The summed E-state index contributed by atoms with van der Waals surface area (Å²) in [6.07, 6.45) is 1.41. The Bertz CT molecular complexity index is 1250. The summed E-state index contributed by atoms with van der Waals surface area (Å²) < 4.78 is 33.4. The van der Waals surface area contributed by atoms with E-state index in [1.807, 2.05) is 0 Å². The van der Waals surface area contributed by atoms with Crippen molar-refractivity contribution in [3.05, 3.63) is 88.5 Å². The average Bonchev–Trinajstić information content (AvgIpc) is 2.70. The zero-order valence-corrected chi connectivity index (χ0v) is 16.5. The molecule has 3 rings (SSSR count). The molecule has 2 heterocycles. The van der Waals surface area contributed by atoms with Gasteiger partial charge in [0, 0.05) is 18.3 Å². The monoisotopic (exact) mass is 413 g/mol. The molecular weight excluding hydrogens is 394 g/mol. The van der Waals surface area contributed by atoms with Crippen LogP contribution in [0.25, 0.3) is 5.65 Å². The van der Waals surface area contributed by atoms with Crippen LogP contribution < -0.4 is 10.3 Å². The number of benzene rings is 1. The molecule has 3 aromatic rings. The van der Waals surface area contributed by atoms with Crippen molar-refractivity contribution in [3.63, 3.8) is 0 Å². The fraction of sp³-hybridized carbons (Fsp3) is 0.150. The van der Waals surface area contributed by atoms with Crippen LogP contribution >= 0.6 is 0 Å². The molecule has 29 heavy (non-hydrogen) atoms. The molecule has 9 heteroatoms. The molecule has 1 aromatic carbocycles. The van der Waals surface area contributed by atoms with Gasteiger partial charge in [-0.2, -0.15) is 0 Å². The second-order valence-corrected chi connectivity index (χ2v) is 7.96. The lowest BCUT2D eigenvalue weighted by atomic mass is 10.2. The molecule has 0 radical (unpaired) electrons. The van der Waals surface area contributed by atoms with Crippen molar-refractivity contribution in [2.45, 2.75) is 18.4 Å². The molecule has 0 saturated heterocycles. The molecule has 0 aliphatic rings. The summed E-state index contributed by atoms with van der Waals surface area (Å²) in [6.45, 7) is 5.10. The summed E-state index contributed by atoms with van der Waals surface area (Å²) in [6, 6.07) is 12.0. The number of rotatable bonds is 7. The molecule has 0 bridgehead atoms. The van der Waals surface area contributed by atoms with Crippen molar-refractivity contribution in [3.8, 4) is 0 Å². The number of nitrogens with zero attached hydrogens (tertiary/aromatic N) is 2. The van der Waals surface area contributed by atoms with Gasteiger partial charge in [0.15, 0.2) is 0 Å². The Morgan fingerprint density at radius 3 is 2.76 bits per heavy atom. The quantitative estimate of drug-likeness (QED) is 0.468. The van der Waals surface area contributed by atoms with Crippen LogP contribution in [-0.2, 0) is 21.4 Å². The van der Waals surface area contributed by atoms with Crippen molar-refractivity contribution in [1.82, 2.24) is 14.1 Å². The lowest BCUT2D eigenvalue weighted by Gasteiger charge is -2.09. The summed E-state index contributed by atoms with van der Waals surface area (Å²) >= 11 is 0. The predicted octanol–water partition coefficient (Wildman–Crippen LogP) is 1.82. The van der Waals surface area contributed by atoms with Gasteiger partial charge in [-0.25, -0.2) is 22.9 Å². The fourth-order valence-electron chi connectivity index (χ4n) is 2.70. The van der Waals surface area contributed by atoms with Crippen molar-refractivity contribution < 1.29 is 17.9 Å². The number of aryl methyl sites for hydroxylation is 1. The summed E-state index contributed by atoms with van der Waals surface area (Å²) in [5, 5.41) is 0. The van der Waals surface area contributed by atoms with E-state index in [0.717, 1.165) is 5.69 Å². The first-order valence-electron chi connectivity index (χ1n) is 8.68. The van der Waals surface area contributed by atoms with Crippen LogP contribution in [0.15, 0.2) is 70.9 Å². The summed E-state index contributed by atoms with van der Waals surface area (Å²) in [4.78, 5) is 28.9. The minimum Gasteiger partial charge on any atom is -0.456 e. The Morgan fingerprint density at radius 2 is 2.00 bits per heavy atom. The van der Waals surface area contributed by atoms with Crippen LogP contribution in [0, 0.1) is 6.92 Å². The minimum absolute atomic E-state index is 0.0636. The molecule has 0 atom stereocenters. The standard InChI is InChI=1S/C20H19N3O5S/c1-3-10-21-29(26,27)17-8-5-7-15(11-17)20(25)28-13-16-12-19(24)23-14(2)6-4-9-18(23)22-16/h3-9,11-12,21H,1,10,13H2,2H3. The number of sulfonamides is 1. The van der Waals surface area contributed by atoms with Crippen molar-refractivity contribution in [1.29, 1.82) is 0 Å². The van der Waals surface area contributed by atoms with Gasteiger partial charge >= 0.3 is 5.97 Å². The van der Waals surface area contributed by atoms with E-state index in [-0.39, 0.29) is 29.2 Å². The summed E-state index contributed by atoms with van der Waals surface area (Å²) in [7, 11) is -3.77. The number of hydrogen-bond donors (Lipinski definition) is 1. The van der Waals surface area contributed by atoms with Gasteiger partial charge in [0.2, 0.25) is 10.0 Å². The van der Waals surface area contributed by atoms with Crippen molar-refractivity contribution in [2.24, 2.45) is 0 Å². The molecule has 0 saturated carbocycles. The van der Waals surface area contributed by atoms with E-state index in [2.05, 4.69) is 16.3 Å². The molecule has 150 valence electrons. The lowest BCUT2D eigenvalue weighted by molar-refractivity contribution is 0.0467. The topological polar surface area (TPSA) is 107 Å². The van der Waals surface area contributed by atoms with E-state index in [1.165, 1.54) is 40.8 Å². The summed E-state index contributed by atoms with van der Waals surface area (Å²) in [5.74, 6) is -0.725. The van der Waals surface area contributed by atoms with Gasteiger partial charge in [0.25, 0.3) is 5.56 Å². The highest BCUT2D eigenvalue weighted by Crippen LogP contribution is 2.13. The highest BCUT2D eigenvalue weighted by molar-refractivity contribution is 7.89. The van der Waals surface area contributed by atoms with E-state index in [9.17, 15) is 18.0 Å². The maximum absolute atomic E-state index is 12.3. The number of pyridine rings is 1. The fourth-order valence-corrected chi connectivity index (χ4v) is 3.75. The van der Waals surface area contributed by atoms with E-state index < -0.39 is 16.0 Å². The number of fused-ring (bicyclic) bond motifs is 1. The van der Waals surface area contributed by atoms with Gasteiger partial charge in [-0.1, -0.05) is 18.2 Å². The third kappa shape index (κ3) is 4.58. The van der Waals surface area contributed by atoms with E-state index >= 15 is 0 Å². The van der Waals surface area contributed by atoms with Gasteiger partial charge in [-0.05, 0) is 37.3 Å². The van der Waals surface area contributed by atoms with Crippen LogP contribution in [0.4, 0.5) is 0 Å². The van der Waals surface area contributed by atoms with E-state index in [4.69, 9.17) is 4.74 Å². The molecule has 0 fully saturated rings. The third-order valence-electron chi connectivity index (χ3n) is 4.08. The van der Waals surface area contributed by atoms with Crippen LogP contribution in [0.3, 0.4) is 0 Å². The van der Waals surface area contributed by atoms with E-state index in [1.54, 1.807) is 25.1 Å². The predicted molar refractivity (Wildman–Crippen MR) is 107 cm³/mol. The summed E-state index contributed by atoms with van der Waals surface area (Å²) in [5.41, 5.74) is 1.28. The third-order valence-corrected chi connectivity index (χ3v) is 5.50. The first kappa shape index (κ1) is 20.4. The van der Waals surface area contributed by atoms with Gasteiger partial charge in [-0.15, -0.1) is 6.58 Å². The number of carbonyl (C=O) groups is 1. The molecule has 0 amide bonds. The molecule has 1 N–H and O–H groups in total. The molecule has 0 aliphatic heterocycles. The maximum Gasteiger partial charge on any atom is 0.338 e. The van der Waals surface area contributed by atoms with E-state index in [0.29, 0.717) is 11.3 Å². The van der Waals surface area contributed by atoms with Gasteiger partial charge < -0.3 is 4.74 Å². The highest BCUT2D eigenvalue weighted by Gasteiger charge is 2.16. The Labute approximate surface area is 167 Å². The van der Waals surface area contributed by atoms with Crippen LogP contribution in [0.5, 0.6) is 0 Å². The Kier molecular flexibility index (Phi) is 5.90. The van der Waals surface area contributed by atoms with Crippen LogP contribution in [0.1, 0.15) is 21.7 Å². The number of ether oxygens (including phenoxy) is 1. The van der Waals surface area contributed by atoms with Gasteiger partial charge in [-0.3, -0.25) is 9.20 Å².